The summed E-state index contributed by atoms with van der Waals surface area (Å²) in [7, 11) is 0. The summed E-state index contributed by atoms with van der Waals surface area (Å²) in [5.41, 5.74) is 3.80. The summed E-state index contributed by atoms with van der Waals surface area (Å²) in [6, 6.07) is 7.87. The van der Waals surface area contributed by atoms with E-state index in [0.29, 0.717) is 19.8 Å². The lowest BCUT2D eigenvalue weighted by molar-refractivity contribution is 0.122. The molecule has 0 aliphatic rings. The Morgan fingerprint density at radius 3 is 2.71 bits per heavy atom. The molecule has 0 spiro atoms. The van der Waals surface area contributed by atoms with Crippen molar-refractivity contribution < 1.29 is 9.47 Å². The van der Waals surface area contributed by atoms with E-state index < -0.39 is 0 Å². The third-order valence-electron chi connectivity index (χ3n) is 2.45. The molecule has 96 valence electrons. The molecule has 0 radical (unpaired) electrons. The molecule has 3 N–H and O–H groups in total. The highest BCUT2D eigenvalue weighted by Crippen LogP contribution is 2.25. The lowest BCUT2D eigenvalue weighted by atomic mass is 10.1. The van der Waals surface area contributed by atoms with Crippen LogP contribution in [0.1, 0.15) is 31.9 Å². The number of benzene rings is 1. The van der Waals surface area contributed by atoms with E-state index in [1.54, 1.807) is 0 Å². The summed E-state index contributed by atoms with van der Waals surface area (Å²) in [5, 5.41) is 0. The first-order chi connectivity index (χ1) is 8.33. The van der Waals surface area contributed by atoms with E-state index in [4.69, 9.17) is 15.3 Å². The van der Waals surface area contributed by atoms with Crippen LogP contribution in [0.5, 0.6) is 5.75 Å². The summed E-state index contributed by atoms with van der Waals surface area (Å²) in [4.78, 5) is 0. The Bertz CT molecular complexity index is 318. The van der Waals surface area contributed by atoms with E-state index in [1.807, 2.05) is 31.2 Å². The lowest BCUT2D eigenvalue weighted by Gasteiger charge is -2.19. The fourth-order valence-corrected chi connectivity index (χ4v) is 1.58. The van der Waals surface area contributed by atoms with Crippen LogP contribution in [-0.2, 0) is 4.74 Å². The van der Waals surface area contributed by atoms with Gasteiger partial charge in [0, 0.05) is 12.2 Å². The molecule has 0 saturated carbocycles. The molecule has 1 atom stereocenters. The summed E-state index contributed by atoms with van der Waals surface area (Å²) >= 11 is 0. The molecule has 0 saturated heterocycles. The molecule has 0 amide bonds. The van der Waals surface area contributed by atoms with Crippen molar-refractivity contribution in [2.24, 2.45) is 5.84 Å². The maximum atomic E-state index is 5.70. The number of nitrogens with one attached hydrogen (secondary N) is 1. The van der Waals surface area contributed by atoms with Gasteiger partial charge in [-0.25, -0.2) is 0 Å². The molecule has 4 heteroatoms. The van der Waals surface area contributed by atoms with Crippen molar-refractivity contribution >= 4 is 0 Å². The van der Waals surface area contributed by atoms with Crippen LogP contribution in [0.15, 0.2) is 24.3 Å². The Kier molecular flexibility index (Phi) is 6.62. The van der Waals surface area contributed by atoms with E-state index in [1.165, 1.54) is 0 Å². The topological polar surface area (TPSA) is 56.5 Å². The second-order valence-electron chi connectivity index (χ2n) is 3.77. The monoisotopic (exact) mass is 238 g/mol. The Morgan fingerprint density at radius 1 is 1.29 bits per heavy atom. The van der Waals surface area contributed by atoms with Gasteiger partial charge in [0.2, 0.25) is 0 Å². The van der Waals surface area contributed by atoms with Crippen molar-refractivity contribution in [2.75, 3.05) is 19.8 Å². The maximum Gasteiger partial charge on any atom is 0.124 e. The minimum absolute atomic E-state index is 0.0389. The van der Waals surface area contributed by atoms with Gasteiger partial charge in [-0.2, -0.15) is 0 Å². The van der Waals surface area contributed by atoms with Crippen molar-refractivity contribution in [1.82, 2.24) is 5.43 Å². The Morgan fingerprint density at radius 2 is 2.06 bits per heavy atom. The highest BCUT2D eigenvalue weighted by molar-refractivity contribution is 5.36. The second kappa shape index (κ2) is 8.06. The van der Waals surface area contributed by atoms with Gasteiger partial charge in [0.25, 0.3) is 0 Å². The molecule has 17 heavy (non-hydrogen) atoms. The van der Waals surface area contributed by atoms with Crippen LogP contribution in [0.4, 0.5) is 0 Å². The van der Waals surface area contributed by atoms with Crippen LogP contribution < -0.4 is 16.0 Å². The van der Waals surface area contributed by atoms with Crippen LogP contribution in [0.3, 0.4) is 0 Å². The number of para-hydroxylation sites is 1. The molecule has 0 aliphatic heterocycles. The quantitative estimate of drug-likeness (QED) is 0.537. The predicted molar refractivity (Wildman–Crippen MR) is 68.8 cm³/mol. The van der Waals surface area contributed by atoms with Gasteiger partial charge in [0.15, 0.2) is 0 Å². The minimum Gasteiger partial charge on any atom is -0.493 e. The molecule has 1 rings (SSSR count). The zero-order valence-electron chi connectivity index (χ0n) is 10.6. The minimum atomic E-state index is -0.0389. The smallest absolute Gasteiger partial charge is 0.124 e. The van der Waals surface area contributed by atoms with Crippen LogP contribution in [0.25, 0.3) is 0 Å². The van der Waals surface area contributed by atoms with E-state index in [9.17, 15) is 0 Å². The fourth-order valence-electron chi connectivity index (χ4n) is 1.58. The molecule has 1 unspecified atom stereocenters. The zero-order valence-corrected chi connectivity index (χ0v) is 10.6. The Balaban J connectivity index is 2.77. The van der Waals surface area contributed by atoms with Gasteiger partial charge >= 0.3 is 0 Å². The molecule has 4 nitrogen and oxygen atoms in total. The highest BCUT2D eigenvalue weighted by Gasteiger charge is 2.14. The van der Waals surface area contributed by atoms with E-state index in [2.05, 4.69) is 12.3 Å². The molecule has 0 fully saturated rings. The van der Waals surface area contributed by atoms with Crippen molar-refractivity contribution in [3.05, 3.63) is 29.8 Å². The fraction of sp³-hybridized carbons (Fsp3) is 0.538. The number of nitrogens with two attached hydrogens (primary N) is 1. The molecule has 1 aromatic rings. The van der Waals surface area contributed by atoms with E-state index in [0.717, 1.165) is 17.7 Å². The SMILES string of the molecule is CCCOc1ccccc1C(COCC)NN. The zero-order chi connectivity index (χ0) is 12.5. The first kappa shape index (κ1) is 14.0. The van der Waals surface area contributed by atoms with Gasteiger partial charge in [0.05, 0.1) is 19.3 Å². The van der Waals surface area contributed by atoms with Crippen LogP contribution >= 0.6 is 0 Å². The number of hydrazine groups is 1. The molecule has 0 heterocycles. The molecule has 1 aromatic carbocycles. The lowest BCUT2D eigenvalue weighted by Crippen LogP contribution is -2.31. The third kappa shape index (κ3) is 4.34. The number of hydrogen-bond donors (Lipinski definition) is 2. The maximum absolute atomic E-state index is 5.70. The summed E-state index contributed by atoms with van der Waals surface area (Å²) < 4.78 is 11.1. The van der Waals surface area contributed by atoms with Gasteiger partial charge in [-0.05, 0) is 19.4 Å². The molecule has 0 aliphatic carbocycles. The van der Waals surface area contributed by atoms with Crippen molar-refractivity contribution in [2.45, 2.75) is 26.3 Å². The summed E-state index contributed by atoms with van der Waals surface area (Å²) in [6.07, 6.45) is 0.987. The normalized spacial score (nSPS) is 12.4. The van der Waals surface area contributed by atoms with Crippen LogP contribution in [-0.4, -0.2) is 19.8 Å². The standard InChI is InChI=1S/C13H22N2O2/c1-3-9-17-13-8-6-5-7-11(13)12(15-14)10-16-4-2/h5-8,12,15H,3-4,9-10,14H2,1-2H3. The van der Waals surface area contributed by atoms with Crippen molar-refractivity contribution in [3.63, 3.8) is 0 Å². The van der Waals surface area contributed by atoms with Gasteiger partial charge in [0.1, 0.15) is 5.75 Å². The van der Waals surface area contributed by atoms with Crippen molar-refractivity contribution in [1.29, 1.82) is 0 Å². The largest absolute Gasteiger partial charge is 0.493 e. The molecular weight excluding hydrogens is 216 g/mol. The second-order valence-corrected chi connectivity index (χ2v) is 3.77. The number of rotatable bonds is 8. The molecular formula is C13H22N2O2. The number of ether oxygens (including phenoxy) is 2. The van der Waals surface area contributed by atoms with Gasteiger partial charge in [-0.1, -0.05) is 25.1 Å². The third-order valence-corrected chi connectivity index (χ3v) is 2.45. The van der Waals surface area contributed by atoms with E-state index >= 15 is 0 Å². The average molecular weight is 238 g/mol. The summed E-state index contributed by atoms with van der Waals surface area (Å²) in [5.74, 6) is 6.43. The van der Waals surface area contributed by atoms with Crippen LogP contribution in [0.2, 0.25) is 0 Å². The van der Waals surface area contributed by atoms with Gasteiger partial charge in [-0.15, -0.1) is 0 Å². The van der Waals surface area contributed by atoms with E-state index in [-0.39, 0.29) is 6.04 Å². The van der Waals surface area contributed by atoms with Gasteiger partial charge in [-0.3, -0.25) is 11.3 Å². The van der Waals surface area contributed by atoms with Crippen LogP contribution in [0, 0.1) is 0 Å². The summed E-state index contributed by atoms with van der Waals surface area (Å²) in [6.45, 7) is 5.98. The Labute approximate surface area is 103 Å². The predicted octanol–water partition coefficient (Wildman–Crippen LogP) is 2.02. The van der Waals surface area contributed by atoms with Gasteiger partial charge < -0.3 is 9.47 Å². The number of hydrogen-bond acceptors (Lipinski definition) is 4. The van der Waals surface area contributed by atoms with Crippen molar-refractivity contribution in [3.8, 4) is 5.75 Å². The molecule has 0 bridgehead atoms. The highest BCUT2D eigenvalue weighted by atomic mass is 16.5. The first-order valence-electron chi connectivity index (χ1n) is 6.09. The molecule has 0 aromatic heterocycles. The first-order valence-corrected chi connectivity index (χ1v) is 6.09. The Hall–Kier alpha value is -1.10. The average Bonchev–Trinajstić information content (AvgIpc) is 2.38.